The number of nitrogens with one attached hydrogen (secondary N) is 2. The average molecular weight is 479 g/mol. The molecule has 3 aromatic carbocycles. The summed E-state index contributed by atoms with van der Waals surface area (Å²) in [6.07, 6.45) is 0.836. The zero-order chi connectivity index (χ0) is 22.3. The van der Waals surface area contributed by atoms with E-state index in [0.29, 0.717) is 23.7 Å². The van der Waals surface area contributed by atoms with Gasteiger partial charge in [-0.1, -0.05) is 41.4 Å². The lowest BCUT2D eigenvalue weighted by molar-refractivity contribution is -0.116. The van der Waals surface area contributed by atoms with Crippen molar-refractivity contribution < 1.29 is 17.9 Å². The van der Waals surface area contributed by atoms with Gasteiger partial charge < -0.3 is 10.1 Å². The van der Waals surface area contributed by atoms with Crippen molar-refractivity contribution >= 4 is 50.5 Å². The van der Waals surface area contributed by atoms with Crippen molar-refractivity contribution in [3.63, 3.8) is 0 Å². The van der Waals surface area contributed by atoms with E-state index in [-0.39, 0.29) is 27.9 Å². The van der Waals surface area contributed by atoms with Gasteiger partial charge in [-0.2, -0.15) is 0 Å². The Labute approximate surface area is 191 Å². The van der Waals surface area contributed by atoms with Crippen LogP contribution in [0.25, 0.3) is 0 Å². The first kappa shape index (κ1) is 22.9. The van der Waals surface area contributed by atoms with Gasteiger partial charge in [0.05, 0.1) is 22.2 Å². The van der Waals surface area contributed by atoms with Crippen molar-refractivity contribution in [1.29, 1.82) is 0 Å². The Morgan fingerprint density at radius 2 is 1.65 bits per heavy atom. The van der Waals surface area contributed by atoms with E-state index in [1.165, 1.54) is 42.5 Å². The number of para-hydroxylation sites is 1. The molecule has 0 saturated heterocycles. The molecule has 9 heteroatoms. The molecule has 0 saturated carbocycles. The maximum absolute atomic E-state index is 12.6. The Morgan fingerprint density at radius 3 is 2.32 bits per heavy atom. The summed E-state index contributed by atoms with van der Waals surface area (Å²) in [4.78, 5) is 12.1. The highest BCUT2D eigenvalue weighted by Gasteiger charge is 2.16. The van der Waals surface area contributed by atoms with Gasteiger partial charge in [-0.05, 0) is 61.0 Å². The fraction of sp³-hybridized carbons (Fsp3) is 0.136. The summed E-state index contributed by atoms with van der Waals surface area (Å²) >= 11 is 11.9. The van der Waals surface area contributed by atoms with Crippen LogP contribution < -0.4 is 14.8 Å². The molecule has 0 aromatic heterocycles. The first-order valence-corrected chi connectivity index (χ1v) is 11.6. The molecule has 3 rings (SSSR count). The summed E-state index contributed by atoms with van der Waals surface area (Å²) in [5.41, 5.74) is 0.721. The molecule has 0 radical (unpaired) electrons. The van der Waals surface area contributed by atoms with E-state index in [2.05, 4.69) is 10.0 Å². The van der Waals surface area contributed by atoms with Crippen molar-refractivity contribution in [2.45, 2.75) is 17.7 Å². The molecule has 0 aliphatic carbocycles. The molecule has 2 N–H and O–H groups in total. The Balaban J connectivity index is 1.51. The summed E-state index contributed by atoms with van der Waals surface area (Å²) in [5, 5.41) is 3.33. The minimum atomic E-state index is -3.84. The normalized spacial score (nSPS) is 11.0. The molecule has 6 nitrogen and oxygen atoms in total. The Kier molecular flexibility index (Phi) is 7.79. The van der Waals surface area contributed by atoms with E-state index in [9.17, 15) is 13.2 Å². The van der Waals surface area contributed by atoms with Gasteiger partial charge in [0.25, 0.3) is 10.0 Å². The molecule has 0 bridgehead atoms. The summed E-state index contributed by atoms with van der Waals surface area (Å²) in [7, 11) is -3.84. The van der Waals surface area contributed by atoms with Crippen LogP contribution in [-0.2, 0) is 14.8 Å². The van der Waals surface area contributed by atoms with Crippen LogP contribution in [0.2, 0.25) is 10.0 Å². The molecule has 0 atom stereocenters. The van der Waals surface area contributed by atoms with Gasteiger partial charge in [-0.3, -0.25) is 9.52 Å². The van der Waals surface area contributed by atoms with Crippen LogP contribution in [0.5, 0.6) is 5.75 Å². The van der Waals surface area contributed by atoms with Crippen molar-refractivity contribution in [2.24, 2.45) is 0 Å². The van der Waals surface area contributed by atoms with E-state index in [4.69, 9.17) is 27.9 Å². The average Bonchev–Trinajstić information content (AvgIpc) is 2.74. The monoisotopic (exact) mass is 478 g/mol. The third-order valence-electron chi connectivity index (χ3n) is 4.18. The molecule has 0 aliphatic rings. The molecule has 0 unspecified atom stereocenters. The molecule has 31 heavy (non-hydrogen) atoms. The number of anilines is 2. The van der Waals surface area contributed by atoms with Gasteiger partial charge in [-0.25, -0.2) is 8.42 Å². The minimum absolute atomic E-state index is 0.0350. The lowest BCUT2D eigenvalue weighted by atomic mass is 10.2. The summed E-state index contributed by atoms with van der Waals surface area (Å²) < 4.78 is 33.1. The van der Waals surface area contributed by atoms with Crippen LogP contribution in [-0.4, -0.2) is 20.9 Å². The fourth-order valence-electron chi connectivity index (χ4n) is 2.66. The second kappa shape index (κ2) is 10.5. The minimum Gasteiger partial charge on any atom is -0.494 e. The maximum atomic E-state index is 12.6. The van der Waals surface area contributed by atoms with Crippen LogP contribution in [0.1, 0.15) is 12.8 Å². The standard InChI is InChI=1S/C22H20Cl2N2O4S/c23-16-8-13-21(20(24)15-16)26-31(28,29)19-11-9-17(10-12-19)25-22(27)7-4-14-30-18-5-2-1-3-6-18/h1-3,5-6,8-13,15,26H,4,7,14H2,(H,25,27). The number of ether oxygens (including phenoxy) is 1. The molecular weight excluding hydrogens is 459 g/mol. The fourth-order valence-corrected chi connectivity index (χ4v) is 4.25. The SMILES string of the molecule is O=C(CCCOc1ccccc1)Nc1ccc(S(=O)(=O)Nc2ccc(Cl)cc2Cl)cc1. The number of carbonyl (C=O) groups is 1. The predicted octanol–water partition coefficient (Wildman–Crippen LogP) is 5.59. The highest BCUT2D eigenvalue weighted by atomic mass is 35.5. The van der Waals surface area contributed by atoms with E-state index >= 15 is 0 Å². The third kappa shape index (κ3) is 6.89. The van der Waals surface area contributed by atoms with Crippen LogP contribution in [0.3, 0.4) is 0 Å². The Hall–Kier alpha value is -2.74. The van der Waals surface area contributed by atoms with E-state index in [1.54, 1.807) is 0 Å². The third-order valence-corrected chi connectivity index (χ3v) is 6.11. The molecular formula is C22H20Cl2N2O4S. The van der Waals surface area contributed by atoms with Crippen molar-refractivity contribution in [2.75, 3.05) is 16.6 Å². The van der Waals surface area contributed by atoms with Crippen LogP contribution >= 0.6 is 23.2 Å². The van der Waals surface area contributed by atoms with Gasteiger partial charge in [0.1, 0.15) is 5.75 Å². The highest BCUT2D eigenvalue weighted by molar-refractivity contribution is 7.92. The smallest absolute Gasteiger partial charge is 0.261 e. The van der Waals surface area contributed by atoms with Crippen molar-refractivity contribution in [3.05, 3.63) is 82.8 Å². The first-order valence-electron chi connectivity index (χ1n) is 9.39. The zero-order valence-corrected chi connectivity index (χ0v) is 18.7. The molecule has 3 aromatic rings. The molecule has 0 spiro atoms. The number of carbonyl (C=O) groups excluding carboxylic acids is 1. The van der Waals surface area contributed by atoms with Crippen molar-refractivity contribution in [3.8, 4) is 5.75 Å². The molecule has 0 aliphatic heterocycles. The number of rotatable bonds is 9. The predicted molar refractivity (Wildman–Crippen MR) is 124 cm³/mol. The van der Waals surface area contributed by atoms with Gasteiger partial charge in [0.15, 0.2) is 0 Å². The van der Waals surface area contributed by atoms with Gasteiger partial charge >= 0.3 is 0 Å². The van der Waals surface area contributed by atoms with Gasteiger partial charge in [-0.15, -0.1) is 0 Å². The van der Waals surface area contributed by atoms with Gasteiger partial charge in [0.2, 0.25) is 5.91 Å². The summed E-state index contributed by atoms with van der Waals surface area (Å²) in [6.45, 7) is 0.424. The largest absolute Gasteiger partial charge is 0.494 e. The molecule has 0 fully saturated rings. The van der Waals surface area contributed by atoms with Crippen LogP contribution in [0.4, 0.5) is 11.4 Å². The van der Waals surface area contributed by atoms with E-state index in [1.807, 2.05) is 30.3 Å². The second-order valence-electron chi connectivity index (χ2n) is 6.57. The summed E-state index contributed by atoms with van der Waals surface area (Å²) in [5.74, 6) is 0.576. The lowest BCUT2D eigenvalue weighted by Crippen LogP contribution is -2.14. The Morgan fingerprint density at radius 1 is 0.935 bits per heavy atom. The second-order valence-corrected chi connectivity index (χ2v) is 9.09. The lowest BCUT2D eigenvalue weighted by Gasteiger charge is -2.11. The highest BCUT2D eigenvalue weighted by Crippen LogP contribution is 2.27. The Bertz CT molecular complexity index is 1140. The topological polar surface area (TPSA) is 84.5 Å². The van der Waals surface area contributed by atoms with Gasteiger partial charge in [0, 0.05) is 17.1 Å². The van der Waals surface area contributed by atoms with E-state index < -0.39 is 10.0 Å². The van der Waals surface area contributed by atoms with Crippen LogP contribution in [0.15, 0.2) is 77.7 Å². The van der Waals surface area contributed by atoms with Crippen LogP contribution in [0, 0.1) is 0 Å². The zero-order valence-electron chi connectivity index (χ0n) is 16.3. The number of benzene rings is 3. The number of hydrogen-bond donors (Lipinski definition) is 2. The maximum Gasteiger partial charge on any atom is 0.261 e. The molecule has 0 heterocycles. The quantitative estimate of drug-likeness (QED) is 0.392. The van der Waals surface area contributed by atoms with E-state index in [0.717, 1.165) is 5.75 Å². The molecule has 162 valence electrons. The molecule has 1 amide bonds. The number of amides is 1. The number of sulfonamides is 1. The number of hydrogen-bond acceptors (Lipinski definition) is 4. The first-order chi connectivity index (χ1) is 14.8. The number of halogens is 2. The van der Waals surface area contributed by atoms with Crippen molar-refractivity contribution in [1.82, 2.24) is 0 Å². The summed E-state index contributed by atoms with van der Waals surface area (Å²) in [6, 6.07) is 19.7.